The number of esters is 1. The van der Waals surface area contributed by atoms with Gasteiger partial charge in [-0.1, -0.05) is 13.3 Å². The molecule has 1 aromatic heterocycles. The molecule has 2 atom stereocenters. The van der Waals surface area contributed by atoms with Crippen molar-refractivity contribution in [2.45, 2.75) is 45.1 Å². The Labute approximate surface area is 116 Å². The van der Waals surface area contributed by atoms with Crippen LogP contribution in [0.25, 0.3) is 0 Å². The Morgan fingerprint density at radius 3 is 2.89 bits per heavy atom. The smallest absolute Gasteiger partial charge is 0.339 e. The SMILES string of the molecule is CCC1CCCCC1OC(=O)c1ccc(Br)nc1. The minimum atomic E-state index is -0.250. The van der Waals surface area contributed by atoms with Gasteiger partial charge in [0.1, 0.15) is 10.7 Å². The number of pyridine rings is 1. The van der Waals surface area contributed by atoms with E-state index in [1.807, 2.05) is 0 Å². The molecule has 2 rings (SSSR count). The second kappa shape index (κ2) is 6.32. The van der Waals surface area contributed by atoms with Crippen molar-refractivity contribution >= 4 is 21.9 Å². The van der Waals surface area contributed by atoms with Crippen molar-refractivity contribution in [2.24, 2.45) is 5.92 Å². The molecular weight excluding hydrogens is 294 g/mol. The Morgan fingerprint density at radius 1 is 1.44 bits per heavy atom. The van der Waals surface area contributed by atoms with Gasteiger partial charge >= 0.3 is 5.97 Å². The molecule has 0 spiro atoms. The highest BCUT2D eigenvalue weighted by molar-refractivity contribution is 9.10. The number of carbonyl (C=O) groups excluding carboxylic acids is 1. The minimum absolute atomic E-state index is 0.0832. The molecule has 1 saturated carbocycles. The molecule has 1 aliphatic carbocycles. The van der Waals surface area contributed by atoms with Gasteiger partial charge in [0, 0.05) is 6.20 Å². The van der Waals surface area contributed by atoms with Crippen LogP contribution in [0.1, 0.15) is 49.4 Å². The van der Waals surface area contributed by atoms with Gasteiger partial charge in [-0.2, -0.15) is 0 Å². The lowest BCUT2D eigenvalue weighted by Crippen LogP contribution is -2.29. The van der Waals surface area contributed by atoms with Crippen molar-refractivity contribution in [3.05, 3.63) is 28.5 Å². The fourth-order valence-corrected chi connectivity index (χ4v) is 2.73. The van der Waals surface area contributed by atoms with Crippen molar-refractivity contribution in [3.63, 3.8) is 0 Å². The fraction of sp³-hybridized carbons (Fsp3) is 0.571. The van der Waals surface area contributed by atoms with Crippen LogP contribution in [0.2, 0.25) is 0 Å². The van der Waals surface area contributed by atoms with Crippen LogP contribution >= 0.6 is 15.9 Å². The van der Waals surface area contributed by atoms with Crippen LogP contribution in [0.5, 0.6) is 0 Å². The number of hydrogen-bond acceptors (Lipinski definition) is 3. The normalized spacial score (nSPS) is 23.7. The zero-order valence-electron chi connectivity index (χ0n) is 10.6. The molecule has 0 amide bonds. The van der Waals surface area contributed by atoms with Gasteiger partial charge in [0.25, 0.3) is 0 Å². The van der Waals surface area contributed by atoms with Gasteiger partial charge in [-0.3, -0.25) is 0 Å². The van der Waals surface area contributed by atoms with E-state index in [2.05, 4.69) is 27.8 Å². The number of nitrogens with zero attached hydrogens (tertiary/aromatic N) is 1. The van der Waals surface area contributed by atoms with E-state index in [1.165, 1.54) is 12.8 Å². The van der Waals surface area contributed by atoms with Gasteiger partial charge < -0.3 is 4.74 Å². The van der Waals surface area contributed by atoms with Crippen molar-refractivity contribution in [2.75, 3.05) is 0 Å². The molecule has 1 heterocycles. The van der Waals surface area contributed by atoms with Crippen LogP contribution in [0, 0.1) is 5.92 Å². The van der Waals surface area contributed by atoms with Gasteiger partial charge in [-0.05, 0) is 59.7 Å². The standard InChI is InChI=1S/C14H18BrNO2/c1-2-10-5-3-4-6-12(10)18-14(17)11-7-8-13(15)16-9-11/h7-10,12H,2-6H2,1H3. The molecule has 0 saturated heterocycles. The van der Waals surface area contributed by atoms with E-state index in [-0.39, 0.29) is 12.1 Å². The highest BCUT2D eigenvalue weighted by atomic mass is 79.9. The Hall–Kier alpha value is -0.900. The second-order valence-electron chi connectivity index (χ2n) is 4.77. The van der Waals surface area contributed by atoms with Gasteiger partial charge in [0.15, 0.2) is 0 Å². The molecule has 0 N–H and O–H groups in total. The van der Waals surface area contributed by atoms with Crippen LogP contribution in [0.15, 0.2) is 22.9 Å². The summed E-state index contributed by atoms with van der Waals surface area (Å²) in [7, 11) is 0. The summed E-state index contributed by atoms with van der Waals surface area (Å²) in [5.41, 5.74) is 0.527. The lowest BCUT2D eigenvalue weighted by atomic mass is 9.85. The summed E-state index contributed by atoms with van der Waals surface area (Å²) in [4.78, 5) is 16.1. The van der Waals surface area contributed by atoms with Gasteiger partial charge in [-0.25, -0.2) is 9.78 Å². The molecule has 1 aliphatic rings. The lowest BCUT2D eigenvalue weighted by Gasteiger charge is -2.30. The molecule has 1 fully saturated rings. The monoisotopic (exact) mass is 311 g/mol. The number of aromatic nitrogens is 1. The maximum atomic E-state index is 12.0. The number of hydrogen-bond donors (Lipinski definition) is 0. The molecule has 2 unspecified atom stereocenters. The largest absolute Gasteiger partial charge is 0.458 e. The van der Waals surface area contributed by atoms with E-state index >= 15 is 0 Å². The average molecular weight is 312 g/mol. The summed E-state index contributed by atoms with van der Waals surface area (Å²) in [6, 6.07) is 3.50. The third-order valence-electron chi connectivity index (χ3n) is 3.59. The van der Waals surface area contributed by atoms with E-state index in [4.69, 9.17) is 4.74 Å². The number of ether oxygens (including phenoxy) is 1. The van der Waals surface area contributed by atoms with E-state index < -0.39 is 0 Å². The van der Waals surface area contributed by atoms with Crippen molar-refractivity contribution in [1.82, 2.24) is 4.98 Å². The third-order valence-corrected chi connectivity index (χ3v) is 4.05. The highest BCUT2D eigenvalue weighted by Crippen LogP contribution is 2.29. The molecule has 3 nitrogen and oxygen atoms in total. The maximum absolute atomic E-state index is 12.0. The van der Waals surface area contributed by atoms with E-state index in [0.717, 1.165) is 23.9 Å². The van der Waals surface area contributed by atoms with Gasteiger partial charge in [0.2, 0.25) is 0 Å². The van der Waals surface area contributed by atoms with Crippen LogP contribution in [0.4, 0.5) is 0 Å². The Morgan fingerprint density at radius 2 is 2.22 bits per heavy atom. The first kappa shape index (κ1) is 13.5. The van der Waals surface area contributed by atoms with E-state index in [1.54, 1.807) is 18.3 Å². The molecule has 1 aromatic rings. The molecular formula is C14H18BrNO2. The maximum Gasteiger partial charge on any atom is 0.339 e. The van der Waals surface area contributed by atoms with Crippen LogP contribution in [-0.4, -0.2) is 17.1 Å². The molecule has 0 bridgehead atoms. The predicted molar refractivity (Wildman–Crippen MR) is 73.4 cm³/mol. The number of carbonyl (C=O) groups is 1. The van der Waals surface area contributed by atoms with E-state index in [9.17, 15) is 4.79 Å². The van der Waals surface area contributed by atoms with Crippen LogP contribution in [0.3, 0.4) is 0 Å². The molecule has 0 aromatic carbocycles. The third kappa shape index (κ3) is 3.31. The second-order valence-corrected chi connectivity index (χ2v) is 5.58. The summed E-state index contributed by atoms with van der Waals surface area (Å²) < 4.78 is 6.35. The Bertz CT molecular complexity index is 405. The van der Waals surface area contributed by atoms with Crippen molar-refractivity contribution in [3.8, 4) is 0 Å². The summed E-state index contributed by atoms with van der Waals surface area (Å²) in [5, 5.41) is 0. The molecule has 0 radical (unpaired) electrons. The fourth-order valence-electron chi connectivity index (χ4n) is 2.50. The molecule has 18 heavy (non-hydrogen) atoms. The van der Waals surface area contributed by atoms with Crippen LogP contribution < -0.4 is 0 Å². The zero-order valence-corrected chi connectivity index (χ0v) is 12.1. The summed E-state index contributed by atoms with van der Waals surface area (Å²) in [5.74, 6) is 0.270. The van der Waals surface area contributed by atoms with Crippen molar-refractivity contribution in [1.29, 1.82) is 0 Å². The topological polar surface area (TPSA) is 39.2 Å². The molecule has 98 valence electrons. The Kier molecular flexibility index (Phi) is 4.75. The molecule has 4 heteroatoms. The minimum Gasteiger partial charge on any atom is -0.458 e. The Balaban J connectivity index is 1.99. The van der Waals surface area contributed by atoms with Gasteiger partial charge in [-0.15, -0.1) is 0 Å². The van der Waals surface area contributed by atoms with Gasteiger partial charge in [0.05, 0.1) is 5.56 Å². The van der Waals surface area contributed by atoms with E-state index in [0.29, 0.717) is 11.5 Å². The number of halogens is 1. The summed E-state index contributed by atoms with van der Waals surface area (Å²) >= 11 is 3.25. The first-order valence-corrected chi connectivity index (χ1v) is 7.32. The zero-order chi connectivity index (χ0) is 13.0. The first-order valence-electron chi connectivity index (χ1n) is 6.53. The predicted octanol–water partition coefficient (Wildman–Crippen LogP) is 3.97. The summed E-state index contributed by atoms with van der Waals surface area (Å²) in [6.07, 6.45) is 7.30. The van der Waals surface area contributed by atoms with Crippen molar-refractivity contribution < 1.29 is 9.53 Å². The quantitative estimate of drug-likeness (QED) is 0.626. The van der Waals surface area contributed by atoms with Crippen LogP contribution in [-0.2, 0) is 4.74 Å². The lowest BCUT2D eigenvalue weighted by molar-refractivity contribution is 0.000667. The molecule has 0 aliphatic heterocycles. The highest BCUT2D eigenvalue weighted by Gasteiger charge is 2.27. The average Bonchev–Trinajstić information content (AvgIpc) is 2.40. The number of rotatable bonds is 3. The summed E-state index contributed by atoms with van der Waals surface area (Å²) in [6.45, 7) is 2.16. The first-order chi connectivity index (χ1) is 8.70.